The standard InChI is InChI=1S/C13H16ClN3O2/c14-10-5-4-8(7-9(10)12(15)18)17-13(19)11-3-1-2-6-16-11/h4-5,7,11,16H,1-3,6H2,(H2,15,18)(H,17,19)/t11-/m1/s1. The molecule has 0 saturated carbocycles. The number of hydrogen-bond acceptors (Lipinski definition) is 3. The molecule has 1 aromatic rings. The van der Waals surface area contributed by atoms with E-state index in [0.717, 1.165) is 25.8 Å². The first kappa shape index (κ1) is 13.8. The Morgan fingerprint density at radius 1 is 1.37 bits per heavy atom. The Balaban J connectivity index is 2.08. The second kappa shape index (κ2) is 6.04. The van der Waals surface area contributed by atoms with Gasteiger partial charge < -0.3 is 16.4 Å². The lowest BCUT2D eigenvalue weighted by Crippen LogP contribution is -2.43. The molecule has 2 rings (SSSR count). The van der Waals surface area contributed by atoms with Crippen LogP contribution in [0.2, 0.25) is 5.02 Å². The molecule has 0 bridgehead atoms. The Morgan fingerprint density at radius 2 is 2.16 bits per heavy atom. The van der Waals surface area contributed by atoms with Gasteiger partial charge in [0, 0.05) is 5.69 Å². The smallest absolute Gasteiger partial charge is 0.250 e. The zero-order valence-corrected chi connectivity index (χ0v) is 11.2. The average Bonchev–Trinajstić information content (AvgIpc) is 2.41. The summed E-state index contributed by atoms with van der Waals surface area (Å²) < 4.78 is 0. The summed E-state index contributed by atoms with van der Waals surface area (Å²) in [6.45, 7) is 0.852. The van der Waals surface area contributed by atoms with Crippen molar-refractivity contribution in [1.82, 2.24) is 5.32 Å². The van der Waals surface area contributed by atoms with Gasteiger partial charge in [-0.05, 0) is 37.6 Å². The number of hydrogen-bond donors (Lipinski definition) is 3. The number of nitrogens with two attached hydrogens (primary N) is 1. The van der Waals surface area contributed by atoms with E-state index in [1.807, 2.05) is 0 Å². The van der Waals surface area contributed by atoms with Crippen molar-refractivity contribution in [2.75, 3.05) is 11.9 Å². The molecular formula is C13H16ClN3O2. The summed E-state index contributed by atoms with van der Waals surface area (Å²) >= 11 is 5.85. The van der Waals surface area contributed by atoms with Crippen molar-refractivity contribution in [2.24, 2.45) is 5.73 Å². The van der Waals surface area contributed by atoms with Crippen LogP contribution in [0.15, 0.2) is 18.2 Å². The molecule has 1 aliphatic rings. The number of rotatable bonds is 3. The SMILES string of the molecule is NC(=O)c1cc(NC(=O)[C@H]2CCCCN2)ccc1Cl. The predicted molar refractivity (Wildman–Crippen MR) is 74.2 cm³/mol. The van der Waals surface area contributed by atoms with Gasteiger partial charge in [-0.2, -0.15) is 0 Å². The number of nitrogens with one attached hydrogen (secondary N) is 2. The minimum absolute atomic E-state index is 0.0996. The van der Waals surface area contributed by atoms with E-state index in [0.29, 0.717) is 5.69 Å². The summed E-state index contributed by atoms with van der Waals surface area (Å²) in [5.74, 6) is -0.714. The Kier molecular flexibility index (Phi) is 4.39. The molecule has 0 unspecified atom stereocenters. The van der Waals surface area contributed by atoms with E-state index in [1.165, 1.54) is 6.07 Å². The maximum Gasteiger partial charge on any atom is 0.250 e. The molecule has 1 atom stereocenters. The number of anilines is 1. The highest BCUT2D eigenvalue weighted by atomic mass is 35.5. The van der Waals surface area contributed by atoms with Crippen LogP contribution in [0, 0.1) is 0 Å². The molecule has 1 aliphatic heterocycles. The Hall–Kier alpha value is -1.59. The predicted octanol–water partition coefficient (Wildman–Crippen LogP) is 1.52. The van der Waals surface area contributed by atoms with Crippen LogP contribution in [0.1, 0.15) is 29.6 Å². The molecule has 6 heteroatoms. The second-order valence-corrected chi connectivity index (χ2v) is 4.96. The fourth-order valence-electron chi connectivity index (χ4n) is 2.10. The zero-order valence-electron chi connectivity index (χ0n) is 10.4. The molecule has 1 heterocycles. The van der Waals surface area contributed by atoms with Gasteiger partial charge in [-0.15, -0.1) is 0 Å². The van der Waals surface area contributed by atoms with E-state index in [4.69, 9.17) is 17.3 Å². The van der Waals surface area contributed by atoms with Crippen LogP contribution in [0.5, 0.6) is 0 Å². The first-order valence-electron chi connectivity index (χ1n) is 6.21. The van der Waals surface area contributed by atoms with E-state index in [-0.39, 0.29) is 22.5 Å². The molecule has 0 spiro atoms. The average molecular weight is 282 g/mol. The second-order valence-electron chi connectivity index (χ2n) is 4.55. The first-order chi connectivity index (χ1) is 9.08. The first-order valence-corrected chi connectivity index (χ1v) is 6.59. The van der Waals surface area contributed by atoms with Crippen LogP contribution < -0.4 is 16.4 Å². The fraction of sp³-hybridized carbons (Fsp3) is 0.385. The van der Waals surface area contributed by atoms with E-state index in [2.05, 4.69) is 10.6 Å². The monoisotopic (exact) mass is 281 g/mol. The molecule has 1 fully saturated rings. The zero-order chi connectivity index (χ0) is 13.8. The highest BCUT2D eigenvalue weighted by molar-refractivity contribution is 6.34. The molecule has 102 valence electrons. The maximum atomic E-state index is 12.0. The van der Waals surface area contributed by atoms with Gasteiger partial charge in [0.05, 0.1) is 16.6 Å². The third kappa shape index (κ3) is 3.45. The fourth-order valence-corrected chi connectivity index (χ4v) is 2.31. The normalized spacial score (nSPS) is 18.9. The van der Waals surface area contributed by atoms with Crippen molar-refractivity contribution in [3.8, 4) is 0 Å². The molecule has 0 radical (unpaired) electrons. The van der Waals surface area contributed by atoms with Gasteiger partial charge in [0.15, 0.2) is 0 Å². The number of carbonyl (C=O) groups is 2. The molecule has 1 saturated heterocycles. The van der Waals surface area contributed by atoms with Gasteiger partial charge in [0.2, 0.25) is 11.8 Å². The van der Waals surface area contributed by atoms with Crippen molar-refractivity contribution in [2.45, 2.75) is 25.3 Å². The Morgan fingerprint density at radius 3 is 2.79 bits per heavy atom. The van der Waals surface area contributed by atoms with Crippen molar-refractivity contribution in [3.05, 3.63) is 28.8 Å². The van der Waals surface area contributed by atoms with Crippen LogP contribution in [0.25, 0.3) is 0 Å². The molecule has 0 aromatic heterocycles. The van der Waals surface area contributed by atoms with Crippen LogP contribution in [-0.4, -0.2) is 24.4 Å². The topological polar surface area (TPSA) is 84.2 Å². The molecular weight excluding hydrogens is 266 g/mol. The maximum absolute atomic E-state index is 12.0. The number of primary amides is 1. The highest BCUT2D eigenvalue weighted by Gasteiger charge is 2.20. The summed E-state index contributed by atoms with van der Waals surface area (Å²) in [6.07, 6.45) is 2.96. The summed E-state index contributed by atoms with van der Waals surface area (Å²) in [5.41, 5.74) is 5.94. The van der Waals surface area contributed by atoms with Crippen molar-refractivity contribution in [1.29, 1.82) is 0 Å². The Labute approximate surface area is 116 Å². The van der Waals surface area contributed by atoms with Crippen LogP contribution >= 0.6 is 11.6 Å². The number of halogens is 1. The van der Waals surface area contributed by atoms with Crippen molar-refractivity contribution >= 4 is 29.1 Å². The Bertz CT molecular complexity index is 499. The van der Waals surface area contributed by atoms with Crippen LogP contribution in [0.3, 0.4) is 0 Å². The van der Waals surface area contributed by atoms with Crippen molar-refractivity contribution < 1.29 is 9.59 Å². The summed E-state index contributed by atoms with van der Waals surface area (Å²) in [6, 6.07) is 4.51. The largest absolute Gasteiger partial charge is 0.366 e. The highest BCUT2D eigenvalue weighted by Crippen LogP contribution is 2.20. The molecule has 2 amide bonds. The van der Waals surface area contributed by atoms with Gasteiger partial charge in [-0.1, -0.05) is 18.0 Å². The van der Waals surface area contributed by atoms with Gasteiger partial charge in [0.1, 0.15) is 0 Å². The number of amides is 2. The summed E-state index contributed by atoms with van der Waals surface area (Å²) in [5, 5.41) is 6.20. The molecule has 0 aliphatic carbocycles. The number of piperidine rings is 1. The van der Waals surface area contributed by atoms with E-state index in [1.54, 1.807) is 12.1 Å². The number of carbonyl (C=O) groups excluding carboxylic acids is 2. The lowest BCUT2D eigenvalue weighted by molar-refractivity contribution is -0.118. The van der Waals surface area contributed by atoms with E-state index >= 15 is 0 Å². The van der Waals surface area contributed by atoms with Gasteiger partial charge in [-0.25, -0.2) is 0 Å². The lowest BCUT2D eigenvalue weighted by atomic mass is 10.0. The minimum atomic E-state index is -0.614. The van der Waals surface area contributed by atoms with E-state index < -0.39 is 5.91 Å². The van der Waals surface area contributed by atoms with Gasteiger partial charge in [0.25, 0.3) is 0 Å². The molecule has 1 aromatic carbocycles. The van der Waals surface area contributed by atoms with Gasteiger partial charge >= 0.3 is 0 Å². The van der Waals surface area contributed by atoms with Crippen LogP contribution in [0.4, 0.5) is 5.69 Å². The van der Waals surface area contributed by atoms with Crippen LogP contribution in [-0.2, 0) is 4.79 Å². The molecule has 19 heavy (non-hydrogen) atoms. The molecule has 5 nitrogen and oxygen atoms in total. The minimum Gasteiger partial charge on any atom is -0.366 e. The quantitative estimate of drug-likeness (QED) is 0.785. The third-order valence-corrected chi connectivity index (χ3v) is 3.46. The number of benzene rings is 1. The summed E-state index contributed by atoms with van der Waals surface area (Å²) in [4.78, 5) is 23.2. The van der Waals surface area contributed by atoms with E-state index in [9.17, 15) is 9.59 Å². The lowest BCUT2D eigenvalue weighted by Gasteiger charge is -2.22. The third-order valence-electron chi connectivity index (χ3n) is 3.13. The summed E-state index contributed by atoms with van der Waals surface area (Å²) in [7, 11) is 0. The van der Waals surface area contributed by atoms with Crippen molar-refractivity contribution in [3.63, 3.8) is 0 Å². The van der Waals surface area contributed by atoms with Gasteiger partial charge in [-0.3, -0.25) is 9.59 Å². The molecule has 4 N–H and O–H groups in total.